The average Bonchev–Trinajstić information content (AvgIpc) is 2.64. The molecule has 0 unspecified atom stereocenters. The van der Waals surface area contributed by atoms with E-state index in [1.807, 2.05) is 4.98 Å². The van der Waals surface area contributed by atoms with Gasteiger partial charge in [-0.15, -0.1) is 0 Å². The maximum Gasteiger partial charge on any atom is 1.00 e. The molecule has 1 fully saturated rings. The van der Waals surface area contributed by atoms with Gasteiger partial charge in [0.2, 0.25) is 0 Å². The van der Waals surface area contributed by atoms with E-state index >= 15 is 0 Å². The Hall–Kier alpha value is 0.670. The standard InChI is InChI=1S/C9H13N2O9P.2Na/c12-5-1-2-11(9(15)10-5)8-7(14)6(13)4(20-8)3-19-21(16,17)18;;/h1-2,4,6-8,13-14H,3H2,(H,10,12,15)(H2,16,17,18);;/q;2*+1/p-2/t4-,6-,7-,8-;;/m1../s1/i8+1;;. The van der Waals surface area contributed by atoms with Crippen molar-refractivity contribution >= 4 is 7.82 Å². The van der Waals surface area contributed by atoms with Gasteiger partial charge in [-0.3, -0.25) is 14.3 Å². The van der Waals surface area contributed by atoms with Gasteiger partial charge in [-0.2, -0.15) is 0 Å². The second-order valence-corrected chi connectivity index (χ2v) is 5.46. The fourth-order valence-corrected chi connectivity index (χ4v) is 2.22. The third-order valence-electron chi connectivity index (χ3n) is 2.86. The van der Waals surface area contributed by atoms with Crippen LogP contribution in [0.3, 0.4) is 0 Å². The maximum absolute atomic E-state index is 11.6. The third kappa shape index (κ3) is 6.15. The Kier molecular flexibility index (Phi) is 9.66. The summed E-state index contributed by atoms with van der Waals surface area (Å²) in [6, 6.07) is 0.997. The van der Waals surface area contributed by atoms with Crippen LogP contribution in [-0.2, 0) is 13.8 Å². The summed E-state index contributed by atoms with van der Waals surface area (Å²) >= 11 is 0. The Morgan fingerprint density at radius 1 is 1.30 bits per heavy atom. The number of nitrogens with zero attached hydrogens (tertiary/aromatic N) is 1. The predicted octanol–water partition coefficient (Wildman–Crippen LogP) is -9.99. The molecule has 0 bridgehead atoms. The van der Waals surface area contributed by atoms with E-state index in [0.717, 1.165) is 16.8 Å². The summed E-state index contributed by atoms with van der Waals surface area (Å²) in [7, 11) is -5.26. The number of aliphatic hydroxyl groups is 2. The van der Waals surface area contributed by atoms with Crippen molar-refractivity contribution in [2.24, 2.45) is 0 Å². The van der Waals surface area contributed by atoms with Gasteiger partial charge in [-0.25, -0.2) is 4.79 Å². The number of hydrogen-bond acceptors (Lipinski definition) is 9. The number of nitrogens with one attached hydrogen (secondary N) is 1. The molecule has 2 heterocycles. The molecule has 3 N–H and O–H groups in total. The van der Waals surface area contributed by atoms with Gasteiger partial charge in [0.05, 0.1) is 14.4 Å². The Morgan fingerprint density at radius 2 is 1.91 bits per heavy atom. The molecule has 0 aliphatic carbocycles. The van der Waals surface area contributed by atoms with Crippen LogP contribution in [0, 0.1) is 0 Å². The van der Waals surface area contributed by atoms with E-state index in [0.29, 0.717) is 0 Å². The summed E-state index contributed by atoms with van der Waals surface area (Å²) in [5.41, 5.74) is -1.55. The van der Waals surface area contributed by atoms with Gasteiger partial charge in [0.1, 0.15) is 18.3 Å². The molecule has 1 aromatic rings. The second kappa shape index (κ2) is 9.39. The number of aromatic amines is 1. The van der Waals surface area contributed by atoms with Crippen LogP contribution >= 0.6 is 7.82 Å². The summed E-state index contributed by atoms with van der Waals surface area (Å²) in [6.45, 7) is -0.808. The summed E-state index contributed by atoms with van der Waals surface area (Å²) < 4.78 is 20.3. The van der Waals surface area contributed by atoms with Crippen LogP contribution in [0.15, 0.2) is 21.9 Å². The third-order valence-corrected chi connectivity index (χ3v) is 3.32. The number of H-pyrrole nitrogens is 1. The Balaban J connectivity index is 0.00000242. The van der Waals surface area contributed by atoms with E-state index in [1.165, 1.54) is 0 Å². The topological polar surface area (TPSA) is 177 Å². The van der Waals surface area contributed by atoms with Crippen LogP contribution in [0.5, 0.6) is 0 Å². The van der Waals surface area contributed by atoms with E-state index in [-0.39, 0.29) is 59.1 Å². The van der Waals surface area contributed by atoms with Crippen LogP contribution in [0.2, 0.25) is 0 Å². The van der Waals surface area contributed by atoms with Crippen LogP contribution < -0.4 is 80.2 Å². The van der Waals surface area contributed by atoms with Gasteiger partial charge in [0, 0.05) is 12.3 Å². The first-order valence-corrected chi connectivity index (χ1v) is 7.15. The number of aliphatic hydroxyl groups excluding tert-OH is 2. The Labute approximate surface area is 173 Å². The number of phosphoric ester groups is 1. The van der Waals surface area contributed by atoms with Crippen molar-refractivity contribution in [2.45, 2.75) is 24.5 Å². The number of ether oxygens (including phenoxy) is 1. The van der Waals surface area contributed by atoms with Crippen molar-refractivity contribution in [3.63, 3.8) is 0 Å². The molecule has 2 rings (SSSR count). The zero-order chi connectivity index (χ0) is 15.8. The molecule has 4 atom stereocenters. The molecule has 0 spiro atoms. The van der Waals surface area contributed by atoms with Crippen molar-refractivity contribution < 1.29 is 92.9 Å². The maximum atomic E-state index is 11.6. The van der Waals surface area contributed by atoms with E-state index in [1.54, 1.807) is 0 Å². The molecular weight excluding hydrogens is 358 g/mol. The molecule has 1 aliphatic heterocycles. The van der Waals surface area contributed by atoms with Crippen molar-refractivity contribution in [3.05, 3.63) is 33.1 Å². The zero-order valence-corrected chi connectivity index (χ0v) is 17.2. The Morgan fingerprint density at radius 3 is 2.43 bits per heavy atom. The fourth-order valence-electron chi connectivity index (χ4n) is 1.89. The number of hydrogen-bond donors (Lipinski definition) is 3. The molecule has 1 aromatic heterocycles. The van der Waals surface area contributed by atoms with E-state index < -0.39 is 50.2 Å². The Bertz CT molecular complexity index is 673. The van der Waals surface area contributed by atoms with Crippen LogP contribution in [0.1, 0.15) is 6.23 Å². The minimum absolute atomic E-state index is 0. The zero-order valence-electron chi connectivity index (χ0n) is 12.3. The molecular formula is C9H11N2Na2O9P. The summed E-state index contributed by atoms with van der Waals surface area (Å²) in [6.07, 6.45) is -4.83. The smallest absolute Gasteiger partial charge is 0.790 e. The van der Waals surface area contributed by atoms with Gasteiger partial charge in [0.15, 0.2) is 6.23 Å². The average molecular weight is 369 g/mol. The normalized spacial score (nSPS) is 27.1. The van der Waals surface area contributed by atoms with Gasteiger partial charge >= 0.3 is 64.8 Å². The molecule has 0 aromatic carbocycles. The number of phosphoric acid groups is 1. The largest absolute Gasteiger partial charge is 1.00 e. The molecule has 0 radical (unpaired) electrons. The second-order valence-electron chi connectivity index (χ2n) is 4.31. The van der Waals surface area contributed by atoms with Crippen LogP contribution in [-0.4, -0.2) is 44.7 Å². The SMILES string of the molecule is O=c1ccn([13C@@H]2O[C@H](COP(=O)([O-])[O-])[C@@H](O)[C@H]2O)c(=O)[nH]1.[Na+].[Na+]. The monoisotopic (exact) mass is 369 g/mol. The first-order chi connectivity index (χ1) is 9.69. The van der Waals surface area contributed by atoms with E-state index in [2.05, 4.69) is 4.52 Å². The minimum atomic E-state index is -5.26. The quantitative estimate of drug-likeness (QED) is 0.264. The van der Waals surface area contributed by atoms with E-state index in [4.69, 9.17) is 4.74 Å². The minimum Gasteiger partial charge on any atom is -0.790 e. The van der Waals surface area contributed by atoms with Crippen molar-refractivity contribution in [2.75, 3.05) is 6.61 Å². The van der Waals surface area contributed by atoms with Gasteiger partial charge < -0.3 is 33.8 Å². The first-order valence-electron chi connectivity index (χ1n) is 5.69. The number of rotatable bonds is 4. The molecule has 1 aliphatic rings. The van der Waals surface area contributed by atoms with Crippen LogP contribution in [0.25, 0.3) is 0 Å². The summed E-state index contributed by atoms with van der Waals surface area (Å²) in [5.74, 6) is 0. The van der Waals surface area contributed by atoms with Gasteiger partial charge in [-0.05, 0) is 0 Å². The molecule has 0 saturated carbocycles. The summed E-state index contributed by atoms with van der Waals surface area (Å²) in [5, 5.41) is 19.5. The molecule has 1 saturated heterocycles. The molecule has 0 amide bonds. The van der Waals surface area contributed by atoms with Crippen LogP contribution in [0.4, 0.5) is 0 Å². The fraction of sp³-hybridized carbons (Fsp3) is 0.556. The van der Waals surface area contributed by atoms with Crippen molar-refractivity contribution in [3.8, 4) is 0 Å². The van der Waals surface area contributed by atoms with E-state index in [9.17, 15) is 34.2 Å². The van der Waals surface area contributed by atoms with Gasteiger partial charge in [0.25, 0.3) is 5.56 Å². The first kappa shape index (κ1) is 23.7. The molecule has 23 heavy (non-hydrogen) atoms. The molecule has 118 valence electrons. The summed E-state index contributed by atoms with van der Waals surface area (Å²) in [4.78, 5) is 45.2. The molecule has 11 nitrogen and oxygen atoms in total. The van der Waals surface area contributed by atoms with Crippen molar-refractivity contribution in [1.82, 2.24) is 9.55 Å². The molecule has 14 heteroatoms. The number of aromatic nitrogens is 2. The predicted molar refractivity (Wildman–Crippen MR) is 60.8 cm³/mol. The van der Waals surface area contributed by atoms with Gasteiger partial charge in [-0.1, -0.05) is 0 Å². The van der Waals surface area contributed by atoms with Crippen molar-refractivity contribution in [1.29, 1.82) is 0 Å².